The van der Waals surface area contributed by atoms with E-state index in [0.717, 1.165) is 12.0 Å². The normalized spacial score (nSPS) is 10.8. The molecule has 0 amide bonds. The Labute approximate surface area is 182 Å². The van der Waals surface area contributed by atoms with Crippen LogP contribution in [0, 0.1) is 5.82 Å². The van der Waals surface area contributed by atoms with E-state index in [4.69, 9.17) is 25.4 Å². The Morgan fingerprint density at radius 1 is 1.23 bits per heavy atom. The number of rotatable bonds is 11. The zero-order valence-electron chi connectivity index (χ0n) is 16.2. The van der Waals surface area contributed by atoms with Crippen LogP contribution in [-0.4, -0.2) is 29.8 Å². The van der Waals surface area contributed by atoms with E-state index < -0.39 is 5.82 Å². The zero-order valence-corrected chi connectivity index (χ0v) is 17.7. The number of benzene rings is 2. The second-order valence-corrected chi connectivity index (χ2v) is 6.94. The lowest BCUT2D eigenvalue weighted by molar-refractivity contribution is 0.110. The van der Waals surface area contributed by atoms with Crippen LogP contribution in [0.3, 0.4) is 0 Å². The minimum absolute atomic E-state index is 0.0144. The van der Waals surface area contributed by atoms with Crippen molar-refractivity contribution in [1.29, 1.82) is 0 Å². The van der Waals surface area contributed by atoms with E-state index in [1.807, 2.05) is 6.92 Å². The van der Waals surface area contributed by atoms with E-state index in [2.05, 4.69) is 27.3 Å². The minimum Gasteiger partial charge on any atom is -0.489 e. The number of anilines is 3. The van der Waals surface area contributed by atoms with Crippen LogP contribution < -0.4 is 15.5 Å². The van der Waals surface area contributed by atoms with Gasteiger partial charge in [0.15, 0.2) is 0 Å². The summed E-state index contributed by atoms with van der Waals surface area (Å²) in [7, 11) is 0. The molecule has 30 heavy (non-hydrogen) atoms. The smallest absolute Gasteiger partial charge is 0.147 e. The van der Waals surface area contributed by atoms with Crippen LogP contribution in [0.5, 0.6) is 5.75 Å². The second kappa shape index (κ2) is 11.0. The van der Waals surface area contributed by atoms with Gasteiger partial charge in [0.05, 0.1) is 29.2 Å². The second-order valence-electron chi connectivity index (χ2n) is 5.84. The largest absolute Gasteiger partial charge is 0.489 e. The number of ether oxygens (including phenoxy) is 2. The zero-order chi connectivity index (χ0) is 21.3. The SMILES string of the molecule is C=CSONc1cc2c(Nc3ccc(F)c(Cl)c3)ncnc2cc1OCCOCC. The van der Waals surface area contributed by atoms with Crippen LogP contribution in [0.2, 0.25) is 5.02 Å². The van der Waals surface area contributed by atoms with Gasteiger partial charge in [0.1, 0.15) is 36.0 Å². The quantitative estimate of drug-likeness (QED) is 0.218. The molecule has 3 aromatic rings. The number of nitrogens with one attached hydrogen (secondary N) is 2. The molecule has 3 rings (SSSR count). The molecule has 0 atom stereocenters. The number of fused-ring (bicyclic) bond motifs is 1. The van der Waals surface area contributed by atoms with Crippen molar-refractivity contribution in [3.8, 4) is 5.75 Å². The highest BCUT2D eigenvalue weighted by Gasteiger charge is 2.12. The maximum atomic E-state index is 13.4. The highest BCUT2D eigenvalue weighted by atomic mass is 35.5. The number of hydrogen-bond acceptors (Lipinski definition) is 8. The first-order valence-electron chi connectivity index (χ1n) is 9.03. The molecular weight excluding hydrogens is 431 g/mol. The van der Waals surface area contributed by atoms with Crippen molar-refractivity contribution < 1.29 is 18.1 Å². The molecule has 2 N–H and O–H groups in total. The topological polar surface area (TPSA) is 77.5 Å². The Bertz CT molecular complexity index is 1020. The monoisotopic (exact) mass is 450 g/mol. The summed E-state index contributed by atoms with van der Waals surface area (Å²) in [6.45, 7) is 6.95. The maximum Gasteiger partial charge on any atom is 0.147 e. The van der Waals surface area contributed by atoms with Gasteiger partial charge in [0, 0.05) is 23.7 Å². The lowest BCUT2D eigenvalue weighted by Gasteiger charge is -2.15. The lowest BCUT2D eigenvalue weighted by Crippen LogP contribution is -2.08. The first-order valence-corrected chi connectivity index (χ1v) is 10.2. The molecule has 1 heterocycles. The van der Waals surface area contributed by atoms with Gasteiger partial charge in [-0.2, -0.15) is 0 Å². The van der Waals surface area contributed by atoms with Crippen molar-refractivity contribution >= 4 is 51.7 Å². The Balaban J connectivity index is 1.93. The fraction of sp³-hybridized carbons (Fsp3) is 0.200. The van der Waals surface area contributed by atoms with E-state index in [-0.39, 0.29) is 5.02 Å². The van der Waals surface area contributed by atoms with Crippen LogP contribution in [0.4, 0.5) is 21.6 Å². The van der Waals surface area contributed by atoms with Gasteiger partial charge in [-0.05, 0) is 36.6 Å². The predicted molar refractivity (Wildman–Crippen MR) is 119 cm³/mol. The molecule has 0 saturated carbocycles. The number of aromatic nitrogens is 2. The average Bonchev–Trinajstić information content (AvgIpc) is 2.74. The van der Waals surface area contributed by atoms with Gasteiger partial charge in [-0.15, -0.1) is 0 Å². The Morgan fingerprint density at radius 3 is 2.87 bits per heavy atom. The third kappa shape index (κ3) is 5.73. The van der Waals surface area contributed by atoms with E-state index in [9.17, 15) is 4.39 Å². The summed E-state index contributed by atoms with van der Waals surface area (Å²) in [5, 5.41) is 5.39. The molecule has 7 nitrogen and oxygen atoms in total. The van der Waals surface area contributed by atoms with E-state index >= 15 is 0 Å². The standard InChI is InChI=1S/C20H20ClFN4O3S/c1-3-27-7-8-28-19-11-17-14(10-18(19)26-29-30-4-2)20(24-12-23-17)25-13-5-6-16(22)15(21)9-13/h4-6,9-12,26H,2-3,7-8H2,1H3,(H,23,24,25). The molecule has 158 valence electrons. The predicted octanol–water partition coefficient (Wildman–Crippen LogP) is 5.72. The third-order valence-electron chi connectivity index (χ3n) is 3.88. The number of halogens is 2. The van der Waals surface area contributed by atoms with Crippen molar-refractivity contribution in [3.63, 3.8) is 0 Å². The van der Waals surface area contributed by atoms with Gasteiger partial charge in [0.2, 0.25) is 0 Å². The molecule has 0 unspecified atom stereocenters. The first-order chi connectivity index (χ1) is 14.6. The third-order valence-corrected chi connectivity index (χ3v) is 4.48. The highest BCUT2D eigenvalue weighted by molar-refractivity contribution is 7.97. The van der Waals surface area contributed by atoms with Crippen LogP contribution >= 0.6 is 23.6 Å². The summed E-state index contributed by atoms with van der Waals surface area (Å²) >= 11 is 6.91. The minimum atomic E-state index is -0.494. The van der Waals surface area contributed by atoms with E-state index in [1.54, 1.807) is 18.2 Å². The molecule has 1 aromatic heterocycles. The van der Waals surface area contributed by atoms with Gasteiger partial charge < -0.3 is 14.8 Å². The van der Waals surface area contributed by atoms with Gasteiger partial charge in [-0.3, -0.25) is 0 Å². The Kier molecular flexibility index (Phi) is 8.09. The molecule has 10 heteroatoms. The summed E-state index contributed by atoms with van der Waals surface area (Å²) in [6, 6.07) is 7.91. The molecule has 0 bridgehead atoms. The van der Waals surface area contributed by atoms with Crippen LogP contribution in [-0.2, 0) is 9.02 Å². The van der Waals surface area contributed by atoms with Crippen molar-refractivity contribution in [1.82, 2.24) is 9.97 Å². The summed E-state index contributed by atoms with van der Waals surface area (Å²) < 4.78 is 29.9. The van der Waals surface area contributed by atoms with Gasteiger partial charge >= 0.3 is 0 Å². The molecule has 2 aromatic carbocycles. The number of nitrogens with zero attached hydrogens (tertiary/aromatic N) is 2. The lowest BCUT2D eigenvalue weighted by atomic mass is 10.2. The molecule has 0 aliphatic heterocycles. The van der Waals surface area contributed by atoms with Crippen LogP contribution in [0.15, 0.2) is 48.6 Å². The molecule has 0 spiro atoms. The maximum absolute atomic E-state index is 13.4. The van der Waals surface area contributed by atoms with Crippen LogP contribution in [0.25, 0.3) is 10.9 Å². The van der Waals surface area contributed by atoms with Crippen LogP contribution in [0.1, 0.15) is 6.92 Å². The first kappa shape index (κ1) is 22.1. The van der Waals surface area contributed by atoms with Crippen molar-refractivity contribution in [3.05, 3.63) is 59.5 Å². The summed E-state index contributed by atoms with van der Waals surface area (Å²) in [4.78, 5) is 8.62. The summed E-state index contributed by atoms with van der Waals surface area (Å²) in [6.07, 6.45) is 1.43. The number of hydrogen-bond donors (Lipinski definition) is 2. The van der Waals surface area contributed by atoms with E-state index in [0.29, 0.717) is 53.7 Å². The molecule has 0 saturated heterocycles. The van der Waals surface area contributed by atoms with Gasteiger partial charge in [-0.25, -0.2) is 24.1 Å². The molecule has 0 fully saturated rings. The van der Waals surface area contributed by atoms with Crippen molar-refractivity contribution in [2.75, 3.05) is 30.6 Å². The van der Waals surface area contributed by atoms with E-state index in [1.165, 1.54) is 23.9 Å². The molecule has 0 aliphatic carbocycles. The summed E-state index contributed by atoms with van der Waals surface area (Å²) in [5.74, 6) is 0.566. The Hall–Kier alpha value is -2.59. The van der Waals surface area contributed by atoms with Gasteiger partial charge in [0.25, 0.3) is 0 Å². The fourth-order valence-corrected chi connectivity index (χ4v) is 2.94. The molecule has 0 aliphatic rings. The van der Waals surface area contributed by atoms with Crippen molar-refractivity contribution in [2.24, 2.45) is 0 Å². The summed E-state index contributed by atoms with van der Waals surface area (Å²) in [5.41, 5.74) is 4.64. The molecule has 0 radical (unpaired) electrons. The Morgan fingerprint density at radius 2 is 2.10 bits per heavy atom. The average molecular weight is 451 g/mol. The van der Waals surface area contributed by atoms with Crippen molar-refractivity contribution in [2.45, 2.75) is 6.92 Å². The fourth-order valence-electron chi connectivity index (χ4n) is 2.55. The van der Waals surface area contributed by atoms with Gasteiger partial charge in [-0.1, -0.05) is 18.2 Å². The highest BCUT2D eigenvalue weighted by Crippen LogP contribution is 2.34. The molecular formula is C20H20ClFN4O3S.